The van der Waals surface area contributed by atoms with E-state index in [2.05, 4.69) is 4.98 Å². The van der Waals surface area contributed by atoms with Crippen LogP contribution in [0.5, 0.6) is 0 Å². The SMILES string of the molecule is O=C(O)N1CCC(n2c(=O)n(-c3cccc(-c4ccccc4)c3)c3cccnc32)C1. The van der Waals surface area contributed by atoms with Gasteiger partial charge in [0.1, 0.15) is 0 Å². The molecule has 1 amide bonds. The maximum atomic E-state index is 13.5. The van der Waals surface area contributed by atoms with E-state index in [0.717, 1.165) is 16.8 Å². The molecule has 3 heterocycles. The van der Waals surface area contributed by atoms with Crippen LogP contribution in [0.1, 0.15) is 12.5 Å². The number of aromatic nitrogens is 3. The van der Waals surface area contributed by atoms with Gasteiger partial charge in [-0.05, 0) is 41.8 Å². The van der Waals surface area contributed by atoms with E-state index >= 15 is 0 Å². The van der Waals surface area contributed by atoms with Gasteiger partial charge < -0.3 is 10.0 Å². The first kappa shape index (κ1) is 18.2. The van der Waals surface area contributed by atoms with Crippen LogP contribution in [0.25, 0.3) is 28.0 Å². The number of imidazole rings is 1. The highest BCUT2D eigenvalue weighted by Gasteiger charge is 2.31. The number of hydrogen-bond donors (Lipinski definition) is 1. The minimum Gasteiger partial charge on any atom is -0.465 e. The topological polar surface area (TPSA) is 80.4 Å². The normalized spacial score (nSPS) is 16.3. The van der Waals surface area contributed by atoms with Crippen LogP contribution in [0.3, 0.4) is 0 Å². The lowest BCUT2D eigenvalue weighted by molar-refractivity contribution is 0.154. The van der Waals surface area contributed by atoms with Gasteiger partial charge in [-0.15, -0.1) is 0 Å². The number of fused-ring (bicyclic) bond motifs is 1. The van der Waals surface area contributed by atoms with Gasteiger partial charge in [0, 0.05) is 19.3 Å². The second-order valence-corrected chi connectivity index (χ2v) is 7.42. The Morgan fingerprint density at radius 3 is 2.57 bits per heavy atom. The quantitative estimate of drug-likeness (QED) is 0.568. The van der Waals surface area contributed by atoms with Crippen molar-refractivity contribution >= 4 is 17.3 Å². The molecule has 5 rings (SSSR count). The van der Waals surface area contributed by atoms with Crippen LogP contribution in [0.15, 0.2) is 77.7 Å². The number of carboxylic acid groups (broad SMARTS) is 1. The van der Waals surface area contributed by atoms with Crippen molar-refractivity contribution in [1.29, 1.82) is 0 Å². The minimum absolute atomic E-state index is 0.203. The molecule has 1 unspecified atom stereocenters. The molecule has 7 nitrogen and oxygen atoms in total. The predicted molar refractivity (Wildman–Crippen MR) is 114 cm³/mol. The maximum absolute atomic E-state index is 13.5. The molecule has 150 valence electrons. The molecule has 0 radical (unpaired) electrons. The number of likely N-dealkylation sites (tertiary alicyclic amines) is 1. The fraction of sp³-hybridized carbons (Fsp3) is 0.174. The largest absolute Gasteiger partial charge is 0.465 e. The predicted octanol–water partition coefficient (Wildman–Crippen LogP) is 3.78. The van der Waals surface area contributed by atoms with Crippen LogP contribution in [-0.2, 0) is 0 Å². The summed E-state index contributed by atoms with van der Waals surface area (Å²) in [5.74, 6) is 0. The van der Waals surface area contributed by atoms with Gasteiger partial charge in [-0.3, -0.25) is 9.13 Å². The molecular formula is C23H20N4O3. The third-order valence-electron chi connectivity index (χ3n) is 5.64. The Labute approximate surface area is 172 Å². The molecule has 1 aliphatic heterocycles. The summed E-state index contributed by atoms with van der Waals surface area (Å²) in [6, 6.07) is 21.3. The van der Waals surface area contributed by atoms with Crippen LogP contribution in [0, 0.1) is 0 Å². The van der Waals surface area contributed by atoms with Crippen molar-refractivity contribution in [3.8, 4) is 16.8 Å². The Kier molecular flexibility index (Phi) is 4.35. The van der Waals surface area contributed by atoms with E-state index in [0.29, 0.717) is 24.1 Å². The third kappa shape index (κ3) is 2.95. The number of pyridine rings is 1. The van der Waals surface area contributed by atoms with Crippen LogP contribution in [0.2, 0.25) is 0 Å². The number of amides is 1. The first-order chi connectivity index (χ1) is 14.6. The van der Waals surface area contributed by atoms with Gasteiger partial charge in [0.05, 0.1) is 17.2 Å². The fourth-order valence-electron chi connectivity index (χ4n) is 4.21. The number of rotatable bonds is 3. The van der Waals surface area contributed by atoms with E-state index in [1.54, 1.807) is 15.3 Å². The van der Waals surface area contributed by atoms with Crippen molar-refractivity contribution in [2.24, 2.45) is 0 Å². The van der Waals surface area contributed by atoms with Crippen molar-refractivity contribution in [2.45, 2.75) is 12.5 Å². The average Bonchev–Trinajstić information content (AvgIpc) is 3.36. The lowest BCUT2D eigenvalue weighted by Crippen LogP contribution is -2.31. The number of carbonyl (C=O) groups is 1. The summed E-state index contributed by atoms with van der Waals surface area (Å²) in [6.07, 6.45) is 1.29. The molecule has 4 aromatic rings. The Bertz CT molecular complexity index is 1290. The molecule has 0 aliphatic carbocycles. The molecular weight excluding hydrogens is 380 g/mol. The summed E-state index contributed by atoms with van der Waals surface area (Å²) in [5.41, 5.74) is 3.92. The third-order valence-corrected chi connectivity index (χ3v) is 5.64. The van der Waals surface area contributed by atoms with Gasteiger partial charge in [0.25, 0.3) is 0 Å². The molecule has 1 N–H and O–H groups in total. The smallest absolute Gasteiger partial charge is 0.407 e. The zero-order valence-electron chi connectivity index (χ0n) is 16.2. The van der Waals surface area contributed by atoms with Gasteiger partial charge in [-0.1, -0.05) is 42.5 Å². The van der Waals surface area contributed by atoms with E-state index in [1.807, 2.05) is 66.7 Å². The molecule has 1 atom stereocenters. The molecule has 2 aromatic heterocycles. The van der Waals surface area contributed by atoms with Gasteiger partial charge >= 0.3 is 11.8 Å². The van der Waals surface area contributed by atoms with Crippen LogP contribution in [0.4, 0.5) is 4.79 Å². The van der Waals surface area contributed by atoms with E-state index in [9.17, 15) is 14.7 Å². The Morgan fingerprint density at radius 2 is 1.80 bits per heavy atom. The summed E-state index contributed by atoms with van der Waals surface area (Å²) in [4.78, 5) is 30.7. The van der Waals surface area contributed by atoms with Crippen molar-refractivity contribution in [3.05, 3.63) is 83.4 Å². The summed E-state index contributed by atoms with van der Waals surface area (Å²) in [5, 5.41) is 9.30. The first-order valence-corrected chi connectivity index (χ1v) is 9.85. The maximum Gasteiger partial charge on any atom is 0.407 e. The second kappa shape index (κ2) is 7.18. The number of nitrogens with zero attached hydrogens (tertiary/aromatic N) is 4. The van der Waals surface area contributed by atoms with Gasteiger partial charge in [0.2, 0.25) is 0 Å². The Morgan fingerprint density at radius 1 is 1.00 bits per heavy atom. The fourth-order valence-corrected chi connectivity index (χ4v) is 4.21. The van der Waals surface area contributed by atoms with Gasteiger partial charge in [-0.2, -0.15) is 0 Å². The van der Waals surface area contributed by atoms with Crippen LogP contribution in [-0.4, -0.2) is 43.3 Å². The monoisotopic (exact) mass is 400 g/mol. The molecule has 1 aliphatic rings. The van der Waals surface area contributed by atoms with Crippen molar-refractivity contribution < 1.29 is 9.90 Å². The molecule has 0 bridgehead atoms. The molecule has 0 spiro atoms. The highest BCUT2D eigenvalue weighted by molar-refractivity contribution is 5.75. The molecule has 30 heavy (non-hydrogen) atoms. The van der Waals surface area contributed by atoms with E-state index < -0.39 is 6.09 Å². The summed E-state index contributed by atoms with van der Waals surface area (Å²) in [6.45, 7) is 0.699. The first-order valence-electron chi connectivity index (χ1n) is 9.85. The lowest BCUT2D eigenvalue weighted by Gasteiger charge is -2.13. The number of benzene rings is 2. The van der Waals surface area contributed by atoms with Crippen LogP contribution < -0.4 is 5.69 Å². The van der Waals surface area contributed by atoms with E-state index in [1.165, 1.54) is 4.90 Å². The second-order valence-electron chi connectivity index (χ2n) is 7.42. The van der Waals surface area contributed by atoms with Crippen molar-refractivity contribution in [3.63, 3.8) is 0 Å². The summed E-state index contributed by atoms with van der Waals surface area (Å²) >= 11 is 0. The minimum atomic E-state index is -0.960. The summed E-state index contributed by atoms with van der Waals surface area (Å²) < 4.78 is 3.31. The molecule has 1 saturated heterocycles. The zero-order chi connectivity index (χ0) is 20.7. The molecule has 0 saturated carbocycles. The Hall–Kier alpha value is -3.87. The number of hydrogen-bond acceptors (Lipinski definition) is 3. The highest BCUT2D eigenvalue weighted by atomic mass is 16.4. The summed E-state index contributed by atoms with van der Waals surface area (Å²) in [7, 11) is 0. The Balaban J connectivity index is 1.66. The van der Waals surface area contributed by atoms with Crippen molar-refractivity contribution in [1.82, 2.24) is 19.0 Å². The molecule has 7 heteroatoms. The van der Waals surface area contributed by atoms with Crippen molar-refractivity contribution in [2.75, 3.05) is 13.1 Å². The van der Waals surface area contributed by atoms with E-state index in [-0.39, 0.29) is 18.3 Å². The van der Waals surface area contributed by atoms with Gasteiger partial charge in [0.15, 0.2) is 5.65 Å². The lowest BCUT2D eigenvalue weighted by atomic mass is 10.1. The zero-order valence-corrected chi connectivity index (χ0v) is 16.2. The van der Waals surface area contributed by atoms with Gasteiger partial charge in [-0.25, -0.2) is 14.6 Å². The standard InChI is InChI=1S/C23H20N4O3/c28-22-26(18-9-4-8-17(14-18)16-6-2-1-3-7-16)20-10-5-12-24-21(20)27(22)19-11-13-25(15-19)23(29)30/h1-10,12,14,19H,11,13,15H2,(H,29,30). The van der Waals surface area contributed by atoms with E-state index in [4.69, 9.17) is 0 Å². The highest BCUT2D eigenvalue weighted by Crippen LogP contribution is 2.27. The van der Waals surface area contributed by atoms with Crippen LogP contribution >= 0.6 is 0 Å². The average molecular weight is 400 g/mol. The molecule has 1 fully saturated rings. The molecule has 2 aromatic carbocycles.